The smallest absolute Gasteiger partial charge is 0.341 e. The Labute approximate surface area is 133 Å². The van der Waals surface area contributed by atoms with Crippen LogP contribution < -0.4 is 10.9 Å². The highest BCUT2D eigenvalue weighted by atomic mass is 16.4. The summed E-state index contributed by atoms with van der Waals surface area (Å²) >= 11 is 0. The fourth-order valence-electron chi connectivity index (χ4n) is 2.33. The zero-order valence-corrected chi connectivity index (χ0v) is 13.0. The van der Waals surface area contributed by atoms with Gasteiger partial charge in [-0.15, -0.1) is 0 Å². The highest BCUT2D eigenvalue weighted by molar-refractivity contribution is 5.88. The molecule has 120 valence electrons. The molecule has 0 atom stereocenters. The van der Waals surface area contributed by atoms with Crippen LogP contribution >= 0.6 is 0 Å². The second-order valence-electron chi connectivity index (χ2n) is 5.20. The number of hydrogen-bond donors (Lipinski definition) is 2. The molecule has 1 aromatic heterocycles. The van der Waals surface area contributed by atoms with Gasteiger partial charge in [0, 0.05) is 25.4 Å². The molecule has 2 rings (SSSR count). The Bertz CT molecular complexity index is 808. The Balaban J connectivity index is 2.40. The SMILES string of the molecule is CNC(=O)CCc1cccc(-n2ccc(C)c(C(=O)O)c2=O)c1. The van der Waals surface area contributed by atoms with Gasteiger partial charge in [0.2, 0.25) is 5.91 Å². The number of carbonyl (C=O) groups excluding carboxylic acids is 1. The first-order chi connectivity index (χ1) is 10.9. The summed E-state index contributed by atoms with van der Waals surface area (Å²) in [6.07, 6.45) is 2.45. The van der Waals surface area contributed by atoms with E-state index >= 15 is 0 Å². The van der Waals surface area contributed by atoms with Gasteiger partial charge in [-0.2, -0.15) is 0 Å². The predicted molar refractivity (Wildman–Crippen MR) is 86.1 cm³/mol. The molecule has 0 aliphatic rings. The Kier molecular flexibility index (Phi) is 4.95. The van der Waals surface area contributed by atoms with E-state index < -0.39 is 11.5 Å². The Morgan fingerprint density at radius 3 is 2.65 bits per heavy atom. The summed E-state index contributed by atoms with van der Waals surface area (Å²) in [5.74, 6) is -1.30. The van der Waals surface area contributed by atoms with Gasteiger partial charge in [0.1, 0.15) is 5.56 Å². The molecule has 0 saturated heterocycles. The van der Waals surface area contributed by atoms with E-state index in [0.717, 1.165) is 5.56 Å². The average Bonchev–Trinajstić information content (AvgIpc) is 2.52. The molecule has 6 nitrogen and oxygen atoms in total. The molecule has 6 heteroatoms. The van der Waals surface area contributed by atoms with Gasteiger partial charge in [-0.3, -0.25) is 14.2 Å². The van der Waals surface area contributed by atoms with E-state index in [1.807, 2.05) is 6.07 Å². The summed E-state index contributed by atoms with van der Waals surface area (Å²) in [4.78, 5) is 34.9. The van der Waals surface area contributed by atoms with Crippen LogP contribution in [0.25, 0.3) is 5.69 Å². The van der Waals surface area contributed by atoms with E-state index in [1.165, 1.54) is 4.57 Å². The summed E-state index contributed by atoms with van der Waals surface area (Å²) in [6, 6.07) is 8.75. The zero-order chi connectivity index (χ0) is 17.0. The lowest BCUT2D eigenvalue weighted by molar-refractivity contribution is -0.120. The Morgan fingerprint density at radius 1 is 1.26 bits per heavy atom. The minimum absolute atomic E-state index is 0.0592. The maximum Gasteiger partial charge on any atom is 0.341 e. The minimum Gasteiger partial charge on any atom is -0.477 e. The first-order valence-electron chi connectivity index (χ1n) is 7.19. The molecule has 0 fully saturated rings. The van der Waals surface area contributed by atoms with Gasteiger partial charge in [0.25, 0.3) is 5.56 Å². The monoisotopic (exact) mass is 314 g/mol. The van der Waals surface area contributed by atoms with Crippen LogP contribution in [0.5, 0.6) is 0 Å². The molecular weight excluding hydrogens is 296 g/mol. The van der Waals surface area contributed by atoms with E-state index in [9.17, 15) is 19.5 Å². The second-order valence-corrected chi connectivity index (χ2v) is 5.20. The van der Waals surface area contributed by atoms with Gasteiger partial charge in [-0.1, -0.05) is 12.1 Å². The quantitative estimate of drug-likeness (QED) is 0.876. The third-order valence-corrected chi connectivity index (χ3v) is 3.62. The molecule has 1 aromatic carbocycles. The number of nitrogens with zero attached hydrogens (tertiary/aromatic N) is 1. The second kappa shape index (κ2) is 6.91. The number of carboxylic acid groups (broad SMARTS) is 1. The molecule has 1 heterocycles. The molecule has 0 aliphatic heterocycles. The number of carbonyl (C=O) groups is 2. The van der Waals surface area contributed by atoms with Crippen molar-refractivity contribution in [1.82, 2.24) is 9.88 Å². The summed E-state index contributed by atoms with van der Waals surface area (Å²) in [5.41, 5.74) is 1.10. The number of benzene rings is 1. The number of pyridine rings is 1. The van der Waals surface area contributed by atoms with Crippen molar-refractivity contribution in [2.45, 2.75) is 19.8 Å². The van der Waals surface area contributed by atoms with Crippen LogP contribution in [-0.4, -0.2) is 28.6 Å². The third kappa shape index (κ3) is 3.66. The zero-order valence-electron chi connectivity index (χ0n) is 13.0. The number of aryl methyl sites for hydroxylation is 2. The molecule has 23 heavy (non-hydrogen) atoms. The van der Waals surface area contributed by atoms with Crippen molar-refractivity contribution >= 4 is 11.9 Å². The number of hydrogen-bond acceptors (Lipinski definition) is 3. The molecule has 2 aromatic rings. The molecule has 0 unspecified atom stereocenters. The summed E-state index contributed by atoms with van der Waals surface area (Å²) in [6.45, 7) is 1.59. The molecular formula is C17H18N2O4. The molecule has 0 saturated carbocycles. The van der Waals surface area contributed by atoms with Crippen molar-refractivity contribution in [3.05, 3.63) is 63.6 Å². The van der Waals surface area contributed by atoms with Crippen LogP contribution in [0.15, 0.2) is 41.3 Å². The van der Waals surface area contributed by atoms with Crippen molar-refractivity contribution in [2.24, 2.45) is 0 Å². The number of carboxylic acids is 1. The molecule has 1 amide bonds. The van der Waals surface area contributed by atoms with Crippen molar-refractivity contribution in [3.63, 3.8) is 0 Å². The third-order valence-electron chi connectivity index (χ3n) is 3.62. The molecule has 0 aliphatic carbocycles. The van der Waals surface area contributed by atoms with Crippen LogP contribution in [0.4, 0.5) is 0 Å². The van der Waals surface area contributed by atoms with E-state index in [4.69, 9.17) is 0 Å². The highest BCUT2D eigenvalue weighted by Crippen LogP contribution is 2.12. The van der Waals surface area contributed by atoms with Crippen LogP contribution in [0.1, 0.15) is 27.9 Å². The van der Waals surface area contributed by atoms with Crippen molar-refractivity contribution in [1.29, 1.82) is 0 Å². The fourth-order valence-corrected chi connectivity index (χ4v) is 2.33. The first-order valence-corrected chi connectivity index (χ1v) is 7.19. The highest BCUT2D eigenvalue weighted by Gasteiger charge is 2.15. The summed E-state index contributed by atoms with van der Waals surface area (Å²) in [5, 5.41) is 11.7. The average molecular weight is 314 g/mol. The van der Waals surface area contributed by atoms with Gasteiger partial charge in [-0.05, 0) is 42.7 Å². The lowest BCUT2D eigenvalue weighted by Crippen LogP contribution is -2.26. The Hall–Kier alpha value is -2.89. The summed E-state index contributed by atoms with van der Waals surface area (Å²) < 4.78 is 1.31. The van der Waals surface area contributed by atoms with E-state index in [2.05, 4.69) is 5.32 Å². The van der Waals surface area contributed by atoms with Crippen molar-refractivity contribution in [3.8, 4) is 5.69 Å². The van der Waals surface area contributed by atoms with Crippen molar-refractivity contribution < 1.29 is 14.7 Å². The lowest BCUT2D eigenvalue weighted by Gasteiger charge is -2.10. The van der Waals surface area contributed by atoms with E-state index in [-0.39, 0.29) is 11.5 Å². The standard InChI is InChI=1S/C17H18N2O4/c1-11-8-9-19(16(21)15(11)17(22)23)13-5-3-4-12(10-13)6-7-14(20)18-2/h3-5,8-10H,6-7H2,1-2H3,(H,18,20)(H,22,23). The molecule has 0 radical (unpaired) electrons. The summed E-state index contributed by atoms with van der Waals surface area (Å²) in [7, 11) is 1.58. The normalized spacial score (nSPS) is 10.3. The maximum atomic E-state index is 12.4. The number of aromatic carboxylic acids is 1. The van der Waals surface area contributed by atoms with Gasteiger partial charge in [0.05, 0.1) is 0 Å². The topological polar surface area (TPSA) is 88.4 Å². The largest absolute Gasteiger partial charge is 0.477 e. The van der Waals surface area contributed by atoms with Crippen LogP contribution in [0, 0.1) is 6.92 Å². The van der Waals surface area contributed by atoms with Crippen LogP contribution in [0.2, 0.25) is 0 Å². The molecule has 0 spiro atoms. The maximum absolute atomic E-state index is 12.4. The van der Waals surface area contributed by atoms with Gasteiger partial charge >= 0.3 is 5.97 Å². The molecule has 0 bridgehead atoms. The van der Waals surface area contributed by atoms with Crippen LogP contribution in [0.3, 0.4) is 0 Å². The van der Waals surface area contributed by atoms with Crippen LogP contribution in [-0.2, 0) is 11.2 Å². The lowest BCUT2D eigenvalue weighted by atomic mass is 10.1. The predicted octanol–water partition coefficient (Wildman–Crippen LogP) is 1.52. The molecule has 2 N–H and O–H groups in total. The van der Waals surface area contributed by atoms with Gasteiger partial charge < -0.3 is 10.4 Å². The Morgan fingerprint density at radius 2 is 2.00 bits per heavy atom. The van der Waals surface area contributed by atoms with Gasteiger partial charge in [0.15, 0.2) is 0 Å². The number of nitrogens with one attached hydrogen (secondary N) is 1. The minimum atomic E-state index is -1.24. The number of aromatic nitrogens is 1. The first kappa shape index (κ1) is 16.5. The fraction of sp³-hybridized carbons (Fsp3) is 0.235. The van der Waals surface area contributed by atoms with E-state index in [1.54, 1.807) is 44.4 Å². The van der Waals surface area contributed by atoms with Crippen molar-refractivity contribution in [2.75, 3.05) is 7.05 Å². The van der Waals surface area contributed by atoms with E-state index in [0.29, 0.717) is 24.1 Å². The van der Waals surface area contributed by atoms with Gasteiger partial charge in [-0.25, -0.2) is 4.79 Å². The number of rotatable bonds is 5. The number of amides is 1.